The van der Waals surface area contributed by atoms with E-state index in [-0.39, 0.29) is 5.56 Å². The number of carbonyl (C=O) groups is 1. The molecule has 0 N–H and O–H groups in total. The highest BCUT2D eigenvalue weighted by atomic mass is 16.5. The van der Waals surface area contributed by atoms with Crippen LogP contribution in [0.5, 0.6) is 0 Å². The lowest BCUT2D eigenvalue weighted by Gasteiger charge is -2.09. The Labute approximate surface area is 114 Å². The number of esters is 1. The third-order valence-corrected chi connectivity index (χ3v) is 3.43. The molecule has 3 aromatic rings. The first kappa shape index (κ1) is 12.3. The zero-order chi connectivity index (χ0) is 14.3. The predicted molar refractivity (Wildman–Crippen MR) is 75.8 cm³/mol. The van der Waals surface area contributed by atoms with Gasteiger partial charge in [0.05, 0.1) is 24.4 Å². The van der Waals surface area contributed by atoms with Crippen molar-refractivity contribution in [2.24, 2.45) is 7.05 Å². The fourth-order valence-corrected chi connectivity index (χ4v) is 2.37. The van der Waals surface area contributed by atoms with E-state index in [0.717, 1.165) is 16.3 Å². The van der Waals surface area contributed by atoms with Crippen LogP contribution in [0, 0.1) is 0 Å². The quantitative estimate of drug-likeness (QED) is 0.499. The van der Waals surface area contributed by atoms with Crippen molar-refractivity contribution in [3.05, 3.63) is 52.6 Å². The molecule has 0 aliphatic heterocycles. The Hall–Kier alpha value is -2.69. The minimum atomic E-state index is -0.455. The zero-order valence-electron chi connectivity index (χ0n) is 11.1. The van der Waals surface area contributed by atoms with Crippen LogP contribution in [0.1, 0.15) is 10.4 Å². The molecule has 0 bridgehead atoms. The van der Waals surface area contributed by atoms with Crippen LogP contribution in [0.3, 0.4) is 0 Å². The Kier molecular flexibility index (Phi) is 2.75. The number of hydrogen-bond donors (Lipinski definition) is 0. The highest BCUT2D eigenvalue weighted by Crippen LogP contribution is 2.22. The topological polar surface area (TPSA) is 61.2 Å². The molecule has 0 aliphatic rings. The molecule has 0 amide bonds. The molecule has 100 valence electrons. The van der Waals surface area contributed by atoms with E-state index in [1.807, 2.05) is 6.07 Å². The third kappa shape index (κ3) is 1.67. The Morgan fingerprint density at radius 2 is 2.00 bits per heavy atom. The van der Waals surface area contributed by atoms with Crippen LogP contribution in [0.2, 0.25) is 0 Å². The molecule has 2 aromatic heterocycles. The number of ether oxygens (including phenoxy) is 1. The normalized spacial score (nSPS) is 10.9. The van der Waals surface area contributed by atoms with Gasteiger partial charge >= 0.3 is 5.97 Å². The summed E-state index contributed by atoms with van der Waals surface area (Å²) in [7, 11) is 3.01. The van der Waals surface area contributed by atoms with Crippen LogP contribution >= 0.6 is 0 Å². The van der Waals surface area contributed by atoms with Gasteiger partial charge in [0, 0.05) is 24.0 Å². The van der Waals surface area contributed by atoms with E-state index in [1.165, 1.54) is 11.7 Å². The monoisotopic (exact) mass is 268 g/mol. The fourth-order valence-electron chi connectivity index (χ4n) is 2.37. The van der Waals surface area contributed by atoms with Crippen molar-refractivity contribution < 1.29 is 9.53 Å². The van der Waals surface area contributed by atoms with E-state index in [9.17, 15) is 9.59 Å². The van der Waals surface area contributed by atoms with Crippen molar-refractivity contribution in [3.63, 3.8) is 0 Å². The summed E-state index contributed by atoms with van der Waals surface area (Å²) < 4.78 is 6.22. The van der Waals surface area contributed by atoms with E-state index < -0.39 is 5.97 Å². The predicted octanol–water partition coefficient (Wildman–Crippen LogP) is 1.87. The van der Waals surface area contributed by atoms with E-state index in [0.29, 0.717) is 10.9 Å². The minimum absolute atomic E-state index is 0.161. The van der Waals surface area contributed by atoms with Crippen LogP contribution in [0.15, 0.2) is 41.5 Å². The van der Waals surface area contributed by atoms with Gasteiger partial charge in [-0.1, -0.05) is 6.07 Å². The molecule has 5 nitrogen and oxygen atoms in total. The molecule has 0 aliphatic carbocycles. The number of aromatic nitrogens is 2. The number of rotatable bonds is 1. The van der Waals surface area contributed by atoms with Crippen LogP contribution in [-0.4, -0.2) is 22.6 Å². The molecule has 0 radical (unpaired) electrons. The second kappa shape index (κ2) is 4.45. The number of benzene rings is 1. The molecule has 20 heavy (non-hydrogen) atoms. The van der Waals surface area contributed by atoms with E-state index in [4.69, 9.17) is 0 Å². The highest BCUT2D eigenvalue weighted by Gasteiger charge is 2.12. The molecule has 0 saturated carbocycles. The number of fused-ring (bicyclic) bond motifs is 3. The lowest BCUT2D eigenvalue weighted by atomic mass is 10.0. The molecule has 0 atom stereocenters. The summed E-state index contributed by atoms with van der Waals surface area (Å²) in [5.74, 6) is -0.455. The molecule has 1 aromatic carbocycles. The van der Waals surface area contributed by atoms with Gasteiger partial charge in [-0.15, -0.1) is 0 Å². The maximum Gasteiger partial charge on any atom is 0.337 e. The summed E-state index contributed by atoms with van der Waals surface area (Å²) in [6.07, 6.45) is 3.34. The summed E-state index contributed by atoms with van der Waals surface area (Å²) in [6.45, 7) is 0. The van der Waals surface area contributed by atoms with Gasteiger partial charge in [0.1, 0.15) is 0 Å². The second-order valence-corrected chi connectivity index (χ2v) is 4.51. The average molecular weight is 268 g/mol. The van der Waals surface area contributed by atoms with Crippen LogP contribution in [0.25, 0.3) is 21.7 Å². The summed E-state index contributed by atoms with van der Waals surface area (Å²) in [4.78, 5) is 28.0. The molecule has 5 heteroatoms. The zero-order valence-corrected chi connectivity index (χ0v) is 11.1. The summed E-state index contributed by atoms with van der Waals surface area (Å²) >= 11 is 0. The largest absolute Gasteiger partial charge is 0.465 e. The SMILES string of the molecule is COC(=O)c1ccc2c(c1)c(=O)n(C)c1cnccc21. The number of aryl methyl sites for hydroxylation is 1. The number of nitrogens with zero attached hydrogens (tertiary/aromatic N) is 2. The van der Waals surface area contributed by atoms with Crippen LogP contribution in [0.4, 0.5) is 0 Å². The van der Waals surface area contributed by atoms with Gasteiger partial charge in [-0.2, -0.15) is 0 Å². The Balaban J connectivity index is 2.48. The van der Waals surface area contributed by atoms with Gasteiger partial charge in [-0.25, -0.2) is 4.79 Å². The molecule has 0 fully saturated rings. The fraction of sp³-hybridized carbons (Fsp3) is 0.133. The lowest BCUT2D eigenvalue weighted by molar-refractivity contribution is 0.0601. The Bertz CT molecular complexity index is 897. The van der Waals surface area contributed by atoms with Crippen LogP contribution < -0.4 is 5.56 Å². The number of carbonyl (C=O) groups excluding carboxylic acids is 1. The molecular weight excluding hydrogens is 256 g/mol. The molecule has 0 spiro atoms. The second-order valence-electron chi connectivity index (χ2n) is 4.51. The van der Waals surface area contributed by atoms with Crippen molar-refractivity contribution in [3.8, 4) is 0 Å². The van der Waals surface area contributed by atoms with E-state index in [2.05, 4.69) is 9.72 Å². The minimum Gasteiger partial charge on any atom is -0.465 e. The Morgan fingerprint density at radius 1 is 1.20 bits per heavy atom. The van der Waals surface area contributed by atoms with Gasteiger partial charge in [0.25, 0.3) is 5.56 Å². The number of pyridine rings is 2. The van der Waals surface area contributed by atoms with Gasteiger partial charge in [-0.05, 0) is 23.6 Å². The summed E-state index contributed by atoms with van der Waals surface area (Å²) in [5.41, 5.74) is 0.965. The number of hydrogen-bond acceptors (Lipinski definition) is 4. The first-order chi connectivity index (χ1) is 9.63. The third-order valence-electron chi connectivity index (χ3n) is 3.43. The smallest absolute Gasteiger partial charge is 0.337 e. The van der Waals surface area contributed by atoms with Gasteiger partial charge < -0.3 is 9.30 Å². The lowest BCUT2D eigenvalue weighted by Crippen LogP contribution is -2.18. The molecule has 3 rings (SSSR count). The maximum absolute atomic E-state index is 12.4. The highest BCUT2D eigenvalue weighted by molar-refractivity contribution is 6.07. The van der Waals surface area contributed by atoms with Crippen molar-refractivity contribution in [1.82, 2.24) is 9.55 Å². The van der Waals surface area contributed by atoms with Crippen molar-refractivity contribution in [2.45, 2.75) is 0 Å². The summed E-state index contributed by atoms with van der Waals surface area (Å²) in [5, 5.41) is 2.22. The molecular formula is C15H12N2O3. The van der Waals surface area contributed by atoms with Gasteiger partial charge in [-0.3, -0.25) is 9.78 Å². The standard InChI is InChI=1S/C15H12N2O3/c1-17-13-8-16-6-5-11(13)10-4-3-9(15(19)20-2)7-12(10)14(17)18/h3-8H,1-2H3. The van der Waals surface area contributed by atoms with Crippen molar-refractivity contribution in [1.29, 1.82) is 0 Å². The molecule has 2 heterocycles. The number of methoxy groups -OCH3 is 1. The first-order valence-corrected chi connectivity index (χ1v) is 6.08. The van der Waals surface area contributed by atoms with Crippen molar-refractivity contribution in [2.75, 3.05) is 7.11 Å². The summed E-state index contributed by atoms with van der Waals surface area (Å²) in [6, 6.07) is 6.86. The first-order valence-electron chi connectivity index (χ1n) is 6.08. The van der Waals surface area contributed by atoms with Gasteiger partial charge in [0.2, 0.25) is 0 Å². The van der Waals surface area contributed by atoms with E-state index in [1.54, 1.807) is 37.6 Å². The van der Waals surface area contributed by atoms with E-state index >= 15 is 0 Å². The molecule has 0 saturated heterocycles. The Morgan fingerprint density at radius 3 is 2.75 bits per heavy atom. The van der Waals surface area contributed by atoms with Crippen molar-refractivity contribution >= 4 is 27.6 Å². The molecule has 0 unspecified atom stereocenters. The average Bonchev–Trinajstić information content (AvgIpc) is 2.51. The van der Waals surface area contributed by atoms with Gasteiger partial charge in [0.15, 0.2) is 0 Å². The maximum atomic E-state index is 12.4. The van der Waals surface area contributed by atoms with Crippen LogP contribution in [-0.2, 0) is 11.8 Å².